The van der Waals surface area contributed by atoms with E-state index >= 15 is 0 Å². The lowest BCUT2D eigenvalue weighted by Gasteiger charge is -2.00. The van der Waals surface area contributed by atoms with Gasteiger partial charge < -0.3 is 0 Å². The summed E-state index contributed by atoms with van der Waals surface area (Å²) in [6.07, 6.45) is 0. The zero-order valence-corrected chi connectivity index (χ0v) is 8.71. The number of allylic oxidation sites excluding steroid dienone is 2. The van der Waals surface area contributed by atoms with Crippen LogP contribution in [0, 0.1) is 0 Å². The van der Waals surface area contributed by atoms with Gasteiger partial charge in [-0.2, -0.15) is 0 Å². The number of imide groups is 1. The van der Waals surface area contributed by atoms with Crippen LogP contribution >= 0.6 is 0 Å². The normalized spacial score (nSPS) is 16.8. The van der Waals surface area contributed by atoms with Gasteiger partial charge >= 0.3 is 0 Å². The van der Waals surface area contributed by atoms with E-state index in [1.165, 1.54) is 0 Å². The molecule has 0 radical (unpaired) electrons. The largest absolute Gasteiger partial charge is 0.285 e. The van der Waals surface area contributed by atoms with Gasteiger partial charge in [0.15, 0.2) is 0 Å². The fraction of sp³-hybridized carbons (Fsp3) is 0.400. The molecule has 4 heteroatoms. The Kier molecular flexibility index (Phi) is 2.57. The predicted octanol–water partition coefficient (Wildman–Crippen LogP) is 1.42. The van der Waals surface area contributed by atoms with Gasteiger partial charge in [0.2, 0.25) is 0 Å². The third-order valence-electron chi connectivity index (χ3n) is 2.06. The highest BCUT2D eigenvalue weighted by atomic mass is 16.5. The Labute approximate surface area is 82.5 Å². The number of hydrogen-bond acceptors (Lipinski definition) is 3. The van der Waals surface area contributed by atoms with Gasteiger partial charge in [-0.05, 0) is 27.7 Å². The van der Waals surface area contributed by atoms with Crippen LogP contribution in [0.1, 0.15) is 27.7 Å². The van der Waals surface area contributed by atoms with E-state index in [-0.39, 0.29) is 5.06 Å². The molecule has 1 saturated heterocycles. The van der Waals surface area contributed by atoms with Gasteiger partial charge in [0.25, 0.3) is 11.8 Å². The summed E-state index contributed by atoms with van der Waals surface area (Å²) < 4.78 is 0. The van der Waals surface area contributed by atoms with E-state index in [2.05, 4.69) is 0 Å². The van der Waals surface area contributed by atoms with Crippen molar-refractivity contribution in [2.24, 2.45) is 0 Å². The predicted molar refractivity (Wildman–Crippen MR) is 50.4 cm³/mol. The van der Waals surface area contributed by atoms with E-state index in [0.717, 1.165) is 11.1 Å². The second-order valence-corrected chi connectivity index (χ2v) is 3.67. The molecular weight excluding hydrogens is 182 g/mol. The molecule has 1 aliphatic rings. The summed E-state index contributed by atoms with van der Waals surface area (Å²) in [6, 6.07) is 0. The number of amides is 2. The Hall–Kier alpha value is -1.42. The van der Waals surface area contributed by atoms with Crippen LogP contribution in [0.25, 0.3) is 0 Å². The highest BCUT2D eigenvalue weighted by Gasteiger charge is 2.39. The quantitative estimate of drug-likeness (QED) is 0.361. The number of rotatable bonds is 0. The van der Waals surface area contributed by atoms with Crippen LogP contribution in [0.4, 0.5) is 0 Å². The molecule has 0 spiro atoms. The van der Waals surface area contributed by atoms with Crippen molar-refractivity contribution in [3.05, 3.63) is 22.3 Å². The van der Waals surface area contributed by atoms with Gasteiger partial charge in [-0.25, -0.2) is 0 Å². The molecule has 0 saturated carbocycles. The molecule has 4 nitrogen and oxygen atoms in total. The molecule has 1 N–H and O–H groups in total. The highest BCUT2D eigenvalue weighted by Crippen LogP contribution is 2.28. The lowest BCUT2D eigenvalue weighted by molar-refractivity contribution is -0.168. The number of carbonyl (C=O) groups is 2. The second-order valence-electron chi connectivity index (χ2n) is 3.67. The molecule has 0 atom stereocenters. The van der Waals surface area contributed by atoms with E-state index in [9.17, 15) is 14.8 Å². The maximum absolute atomic E-state index is 11.4. The van der Waals surface area contributed by atoms with Gasteiger partial charge in [-0.15, -0.1) is 5.06 Å². The number of hydrogen-bond donors (Lipinski definition) is 1. The molecule has 0 aromatic heterocycles. The van der Waals surface area contributed by atoms with E-state index in [4.69, 9.17) is 0 Å². The summed E-state index contributed by atoms with van der Waals surface area (Å²) >= 11 is 0. The van der Waals surface area contributed by atoms with Crippen LogP contribution in [-0.4, -0.2) is 22.1 Å². The minimum Gasteiger partial charge on any atom is -0.278 e. The molecule has 1 heterocycles. The molecule has 1 aliphatic heterocycles. The first-order chi connectivity index (χ1) is 6.37. The minimum atomic E-state index is -0.633. The number of carbonyl (C=O) groups excluding carboxylic acids is 2. The van der Waals surface area contributed by atoms with Crippen LogP contribution in [0.2, 0.25) is 0 Å². The molecule has 0 aromatic carbocycles. The van der Waals surface area contributed by atoms with Gasteiger partial charge in [-0.3, -0.25) is 14.8 Å². The SMILES string of the molecule is CC(C)=C1C(=O)N(O)C(=O)C1=C(C)C. The van der Waals surface area contributed by atoms with Crippen LogP contribution < -0.4 is 0 Å². The van der Waals surface area contributed by atoms with E-state index in [1.54, 1.807) is 27.7 Å². The Morgan fingerprint density at radius 3 is 1.43 bits per heavy atom. The fourth-order valence-electron chi connectivity index (χ4n) is 1.45. The molecule has 1 fully saturated rings. The van der Waals surface area contributed by atoms with Crippen molar-refractivity contribution in [1.29, 1.82) is 0 Å². The van der Waals surface area contributed by atoms with Gasteiger partial charge in [0.1, 0.15) is 0 Å². The van der Waals surface area contributed by atoms with Crippen molar-refractivity contribution >= 4 is 11.8 Å². The average molecular weight is 195 g/mol. The molecule has 0 aromatic rings. The molecule has 2 amide bonds. The van der Waals surface area contributed by atoms with Crippen molar-refractivity contribution < 1.29 is 14.8 Å². The zero-order chi connectivity index (χ0) is 11.0. The maximum Gasteiger partial charge on any atom is 0.285 e. The summed E-state index contributed by atoms with van der Waals surface area (Å²) in [6.45, 7) is 6.95. The molecule has 0 unspecified atom stereocenters. The number of nitrogens with zero attached hydrogens (tertiary/aromatic N) is 1. The van der Waals surface area contributed by atoms with Gasteiger partial charge in [-0.1, -0.05) is 11.1 Å². The van der Waals surface area contributed by atoms with Crippen molar-refractivity contribution in [1.82, 2.24) is 5.06 Å². The van der Waals surface area contributed by atoms with Crippen molar-refractivity contribution in [2.75, 3.05) is 0 Å². The standard InChI is InChI=1S/C10H13NO3/c1-5(2)7-8(6(3)4)10(13)11(14)9(7)12/h14H,1-4H3. The Bertz CT molecular complexity index is 333. The monoisotopic (exact) mass is 195 g/mol. The Morgan fingerprint density at radius 2 is 1.21 bits per heavy atom. The average Bonchev–Trinajstić information content (AvgIpc) is 2.29. The third kappa shape index (κ3) is 1.37. The van der Waals surface area contributed by atoms with Crippen molar-refractivity contribution in [2.45, 2.75) is 27.7 Å². The van der Waals surface area contributed by atoms with Crippen LogP contribution in [0.5, 0.6) is 0 Å². The minimum absolute atomic E-state index is 0.171. The molecule has 1 rings (SSSR count). The fourth-order valence-corrected chi connectivity index (χ4v) is 1.45. The highest BCUT2D eigenvalue weighted by molar-refractivity contribution is 6.24. The smallest absolute Gasteiger partial charge is 0.278 e. The van der Waals surface area contributed by atoms with Crippen molar-refractivity contribution in [3.8, 4) is 0 Å². The molecule has 0 aliphatic carbocycles. The molecule has 76 valence electrons. The molecule has 14 heavy (non-hydrogen) atoms. The maximum atomic E-state index is 11.4. The number of hydroxylamine groups is 2. The second kappa shape index (κ2) is 3.38. The topological polar surface area (TPSA) is 57.6 Å². The van der Waals surface area contributed by atoms with Gasteiger partial charge in [0.05, 0.1) is 11.1 Å². The molecule has 0 bridgehead atoms. The lowest BCUT2D eigenvalue weighted by atomic mass is 10.0. The summed E-state index contributed by atoms with van der Waals surface area (Å²) in [5, 5.41) is 9.34. The van der Waals surface area contributed by atoms with E-state index in [0.29, 0.717) is 11.1 Å². The van der Waals surface area contributed by atoms with Gasteiger partial charge in [0, 0.05) is 0 Å². The third-order valence-corrected chi connectivity index (χ3v) is 2.06. The summed E-state index contributed by atoms with van der Waals surface area (Å²) in [7, 11) is 0. The van der Waals surface area contributed by atoms with Crippen molar-refractivity contribution in [3.63, 3.8) is 0 Å². The lowest BCUT2D eigenvalue weighted by Crippen LogP contribution is -2.25. The summed E-state index contributed by atoms with van der Waals surface area (Å²) in [5.74, 6) is -1.27. The molecular formula is C10H13NO3. The van der Waals surface area contributed by atoms with Crippen LogP contribution in [0.3, 0.4) is 0 Å². The van der Waals surface area contributed by atoms with E-state index < -0.39 is 11.8 Å². The first-order valence-electron chi connectivity index (χ1n) is 4.31. The van der Waals surface area contributed by atoms with E-state index in [1.807, 2.05) is 0 Å². The first-order valence-corrected chi connectivity index (χ1v) is 4.31. The summed E-state index contributed by atoms with van der Waals surface area (Å²) in [4.78, 5) is 22.9. The Balaban J connectivity index is 3.46. The first kappa shape index (κ1) is 10.7. The van der Waals surface area contributed by atoms with Crippen LogP contribution in [0.15, 0.2) is 22.3 Å². The Morgan fingerprint density at radius 1 is 0.929 bits per heavy atom. The summed E-state index contributed by atoms with van der Waals surface area (Å²) in [5.41, 5.74) is 2.10. The zero-order valence-electron chi connectivity index (χ0n) is 8.71. The van der Waals surface area contributed by atoms with Crippen LogP contribution in [-0.2, 0) is 9.59 Å².